The van der Waals surface area contributed by atoms with E-state index in [1.165, 1.54) is 12.1 Å². The third-order valence-corrected chi connectivity index (χ3v) is 4.62. The van der Waals surface area contributed by atoms with E-state index in [9.17, 15) is 8.42 Å². The van der Waals surface area contributed by atoms with Crippen molar-refractivity contribution in [1.82, 2.24) is 4.98 Å². The number of halogens is 1. The van der Waals surface area contributed by atoms with Gasteiger partial charge in [-0.1, -0.05) is 35.9 Å². The standard InChI is InChI=1S/C16H13ClN2O2S/c17-16-9-6-12(10-19-16)15-3-1-2-14(15)11-4-7-13(8-5-11)22(18,20)21/h2-10H,1H2,(H2,18,20,21). The van der Waals surface area contributed by atoms with Crippen molar-refractivity contribution in [3.63, 3.8) is 0 Å². The number of hydrogen-bond acceptors (Lipinski definition) is 3. The molecule has 2 aromatic rings. The van der Waals surface area contributed by atoms with Crippen molar-refractivity contribution in [2.24, 2.45) is 5.14 Å². The number of aromatic nitrogens is 1. The molecule has 0 fully saturated rings. The summed E-state index contributed by atoms with van der Waals surface area (Å²) in [6.07, 6.45) is 6.75. The topological polar surface area (TPSA) is 73.1 Å². The first-order chi connectivity index (χ1) is 10.4. The molecule has 0 bridgehead atoms. The first-order valence-corrected chi connectivity index (χ1v) is 8.53. The second-order valence-electron chi connectivity index (χ2n) is 4.91. The summed E-state index contributed by atoms with van der Waals surface area (Å²) in [5.74, 6) is 0. The fourth-order valence-electron chi connectivity index (χ4n) is 2.42. The Morgan fingerprint density at radius 2 is 1.55 bits per heavy atom. The van der Waals surface area contributed by atoms with E-state index in [1.54, 1.807) is 24.4 Å². The smallest absolute Gasteiger partial charge is 0.238 e. The van der Waals surface area contributed by atoms with Gasteiger partial charge in [0.25, 0.3) is 0 Å². The molecule has 3 rings (SSSR count). The van der Waals surface area contributed by atoms with Gasteiger partial charge >= 0.3 is 0 Å². The number of allylic oxidation sites excluding steroid dienone is 4. The van der Waals surface area contributed by atoms with Crippen LogP contribution in [0.1, 0.15) is 17.5 Å². The highest BCUT2D eigenvalue weighted by Crippen LogP contribution is 2.36. The number of sulfonamides is 1. The van der Waals surface area contributed by atoms with Crippen molar-refractivity contribution < 1.29 is 8.42 Å². The molecule has 0 saturated carbocycles. The fraction of sp³-hybridized carbons (Fsp3) is 0.0625. The molecule has 0 unspecified atom stereocenters. The van der Waals surface area contributed by atoms with Crippen LogP contribution < -0.4 is 5.14 Å². The van der Waals surface area contributed by atoms with E-state index in [-0.39, 0.29) is 4.90 Å². The Bertz CT molecular complexity index is 867. The number of nitrogens with two attached hydrogens (primary N) is 1. The number of primary sulfonamides is 1. The minimum Gasteiger partial charge on any atom is -0.244 e. The Labute approximate surface area is 134 Å². The van der Waals surface area contributed by atoms with Crippen molar-refractivity contribution >= 4 is 32.8 Å². The Morgan fingerprint density at radius 3 is 2.09 bits per heavy atom. The highest BCUT2D eigenvalue weighted by atomic mass is 35.5. The third-order valence-electron chi connectivity index (χ3n) is 3.47. The van der Waals surface area contributed by atoms with Gasteiger partial charge < -0.3 is 0 Å². The molecule has 0 radical (unpaired) electrons. The van der Waals surface area contributed by atoms with Crippen LogP contribution in [0.3, 0.4) is 0 Å². The molecule has 4 nitrogen and oxygen atoms in total. The van der Waals surface area contributed by atoms with Gasteiger partial charge in [0, 0.05) is 11.8 Å². The Kier molecular flexibility index (Phi) is 3.87. The second kappa shape index (κ2) is 5.68. The maximum Gasteiger partial charge on any atom is 0.238 e. The van der Waals surface area contributed by atoms with Crippen molar-refractivity contribution in [3.05, 3.63) is 71.0 Å². The summed E-state index contributed by atoms with van der Waals surface area (Å²) in [5.41, 5.74) is 4.02. The average Bonchev–Trinajstić information content (AvgIpc) is 2.97. The molecule has 1 aliphatic carbocycles. The van der Waals surface area contributed by atoms with E-state index in [2.05, 4.69) is 17.1 Å². The largest absolute Gasteiger partial charge is 0.244 e. The van der Waals surface area contributed by atoms with Gasteiger partial charge in [0.05, 0.1) is 4.90 Å². The van der Waals surface area contributed by atoms with E-state index in [4.69, 9.17) is 16.7 Å². The molecule has 1 heterocycles. The quantitative estimate of drug-likeness (QED) is 0.877. The lowest BCUT2D eigenvalue weighted by molar-refractivity contribution is 0.598. The summed E-state index contributed by atoms with van der Waals surface area (Å²) in [4.78, 5) is 4.20. The number of pyridine rings is 1. The zero-order chi connectivity index (χ0) is 15.7. The zero-order valence-corrected chi connectivity index (χ0v) is 13.1. The third kappa shape index (κ3) is 2.97. The Balaban J connectivity index is 1.95. The summed E-state index contributed by atoms with van der Waals surface area (Å²) in [6.45, 7) is 0. The van der Waals surface area contributed by atoms with Crippen molar-refractivity contribution in [2.45, 2.75) is 11.3 Å². The molecule has 112 valence electrons. The van der Waals surface area contributed by atoms with Gasteiger partial charge in [-0.3, -0.25) is 0 Å². The van der Waals surface area contributed by atoms with Gasteiger partial charge in [-0.2, -0.15) is 0 Å². The van der Waals surface area contributed by atoms with E-state index < -0.39 is 10.0 Å². The van der Waals surface area contributed by atoms with Crippen LogP contribution in [0, 0.1) is 0 Å². The molecule has 6 heteroatoms. The summed E-state index contributed by atoms with van der Waals surface area (Å²) in [5, 5.41) is 5.57. The molecule has 0 aliphatic heterocycles. The van der Waals surface area contributed by atoms with Crippen LogP contribution in [0.25, 0.3) is 11.1 Å². The second-order valence-corrected chi connectivity index (χ2v) is 6.86. The van der Waals surface area contributed by atoms with Crippen molar-refractivity contribution in [2.75, 3.05) is 0 Å². The maximum atomic E-state index is 11.3. The minimum atomic E-state index is -3.67. The van der Waals surface area contributed by atoms with Crippen LogP contribution in [0.15, 0.2) is 59.6 Å². The molecule has 0 spiro atoms. The first-order valence-electron chi connectivity index (χ1n) is 6.61. The van der Waals surface area contributed by atoms with E-state index in [0.29, 0.717) is 5.15 Å². The molecule has 0 atom stereocenters. The number of hydrogen-bond donors (Lipinski definition) is 1. The molecule has 22 heavy (non-hydrogen) atoms. The van der Waals surface area contributed by atoms with E-state index >= 15 is 0 Å². The zero-order valence-electron chi connectivity index (χ0n) is 11.5. The lowest BCUT2D eigenvalue weighted by atomic mass is 9.96. The molecule has 0 saturated heterocycles. The number of nitrogens with zero attached hydrogens (tertiary/aromatic N) is 1. The Morgan fingerprint density at radius 1 is 0.955 bits per heavy atom. The molecular weight excluding hydrogens is 320 g/mol. The van der Waals surface area contributed by atoms with Crippen molar-refractivity contribution in [1.29, 1.82) is 0 Å². The SMILES string of the molecule is NS(=O)(=O)c1ccc(C2=CCC=C2c2ccc(Cl)nc2)cc1. The van der Waals surface area contributed by atoms with Crippen LogP contribution in [0.2, 0.25) is 5.15 Å². The van der Waals surface area contributed by atoms with E-state index in [1.807, 2.05) is 6.07 Å². The summed E-state index contributed by atoms with van der Waals surface area (Å²) in [7, 11) is -3.67. The van der Waals surface area contributed by atoms with Gasteiger partial charge in [-0.25, -0.2) is 18.5 Å². The molecule has 1 aliphatic rings. The first kappa shape index (κ1) is 15.0. The van der Waals surface area contributed by atoms with Crippen molar-refractivity contribution in [3.8, 4) is 0 Å². The number of benzene rings is 1. The molecule has 1 aromatic heterocycles. The molecule has 1 aromatic carbocycles. The average molecular weight is 333 g/mol. The maximum absolute atomic E-state index is 11.3. The highest BCUT2D eigenvalue weighted by molar-refractivity contribution is 7.89. The summed E-state index contributed by atoms with van der Waals surface area (Å²) >= 11 is 5.82. The van der Waals surface area contributed by atoms with Gasteiger partial charge in [0.2, 0.25) is 10.0 Å². The summed E-state index contributed by atoms with van der Waals surface area (Å²) in [6, 6.07) is 10.2. The van der Waals surface area contributed by atoms with Crippen LogP contribution in [0.4, 0.5) is 0 Å². The predicted molar refractivity (Wildman–Crippen MR) is 87.6 cm³/mol. The van der Waals surface area contributed by atoms with Crippen LogP contribution in [-0.2, 0) is 10.0 Å². The monoisotopic (exact) mass is 332 g/mol. The highest BCUT2D eigenvalue weighted by Gasteiger charge is 2.15. The molecule has 2 N–H and O–H groups in total. The molecular formula is C16H13ClN2O2S. The van der Waals surface area contributed by atoms with Gasteiger partial charge in [-0.15, -0.1) is 0 Å². The predicted octanol–water partition coefficient (Wildman–Crippen LogP) is 3.25. The van der Waals surface area contributed by atoms with Gasteiger partial charge in [0.1, 0.15) is 5.15 Å². The molecule has 0 amide bonds. The van der Waals surface area contributed by atoms with Crippen LogP contribution >= 0.6 is 11.6 Å². The lowest BCUT2D eigenvalue weighted by Crippen LogP contribution is -2.11. The Hall–Kier alpha value is -1.95. The number of rotatable bonds is 3. The van der Waals surface area contributed by atoms with Gasteiger partial charge in [-0.05, 0) is 47.4 Å². The van der Waals surface area contributed by atoms with E-state index in [0.717, 1.165) is 28.7 Å². The van der Waals surface area contributed by atoms with Crippen LogP contribution in [0.5, 0.6) is 0 Å². The van der Waals surface area contributed by atoms with Gasteiger partial charge in [0.15, 0.2) is 0 Å². The summed E-state index contributed by atoms with van der Waals surface area (Å²) < 4.78 is 22.6. The normalized spacial score (nSPS) is 14.6. The lowest BCUT2D eigenvalue weighted by Gasteiger charge is -2.10. The van der Waals surface area contributed by atoms with Crippen LogP contribution in [-0.4, -0.2) is 13.4 Å². The minimum absolute atomic E-state index is 0.105. The fourth-order valence-corrected chi connectivity index (χ4v) is 3.05.